The Morgan fingerprint density at radius 2 is 2.40 bits per heavy atom. The molecule has 0 saturated carbocycles. The Morgan fingerprint density at radius 3 is 2.40 bits per heavy atom. The van der Waals surface area contributed by atoms with Crippen molar-refractivity contribution in [2.45, 2.75) is 13.3 Å². The summed E-state index contributed by atoms with van der Waals surface area (Å²) in [5.41, 5.74) is 0. The first kappa shape index (κ1) is 5.70. The molecular formula is C3H7NbO. The third-order valence-electron chi connectivity index (χ3n) is 0.295. The van der Waals surface area contributed by atoms with Crippen LogP contribution in [-0.4, -0.2) is 6.61 Å². The van der Waals surface area contributed by atoms with Crippen LogP contribution in [0.2, 0.25) is 0 Å². The molecular weight excluding hydrogens is 145 g/mol. The van der Waals surface area contributed by atoms with Crippen LogP contribution in [0.5, 0.6) is 0 Å². The van der Waals surface area contributed by atoms with E-state index < -0.39 is 0 Å². The van der Waals surface area contributed by atoms with E-state index in [-0.39, 0.29) is 0 Å². The van der Waals surface area contributed by atoms with Crippen LogP contribution in [0.25, 0.3) is 0 Å². The van der Waals surface area contributed by atoms with Crippen molar-refractivity contribution in [1.29, 1.82) is 0 Å². The van der Waals surface area contributed by atoms with Crippen molar-refractivity contribution in [3.05, 3.63) is 0 Å². The van der Waals surface area contributed by atoms with Gasteiger partial charge in [0.25, 0.3) is 0 Å². The van der Waals surface area contributed by atoms with E-state index in [2.05, 4.69) is 6.92 Å². The molecule has 30 valence electrons. The third kappa shape index (κ3) is 4.70. The van der Waals surface area contributed by atoms with Crippen LogP contribution in [0.3, 0.4) is 0 Å². The second-order valence-corrected chi connectivity index (χ2v) is 1.47. The fourth-order valence-corrected chi connectivity index (χ4v) is 0.540. The van der Waals surface area contributed by atoms with Crippen molar-refractivity contribution in [3.63, 3.8) is 0 Å². The van der Waals surface area contributed by atoms with Gasteiger partial charge < -0.3 is 0 Å². The summed E-state index contributed by atoms with van der Waals surface area (Å²) < 4.78 is 4.74. The summed E-state index contributed by atoms with van der Waals surface area (Å²) in [6, 6.07) is 0. The molecule has 0 aromatic rings. The number of hydrogen-bond donors (Lipinski definition) is 0. The van der Waals surface area contributed by atoms with Gasteiger partial charge in [-0.3, -0.25) is 0 Å². The molecule has 0 aliphatic rings. The van der Waals surface area contributed by atoms with E-state index in [1.807, 2.05) is 0 Å². The predicted octanol–water partition coefficient (Wildman–Crippen LogP) is 0.875. The van der Waals surface area contributed by atoms with E-state index in [9.17, 15) is 0 Å². The van der Waals surface area contributed by atoms with Crippen LogP contribution in [0.15, 0.2) is 0 Å². The van der Waals surface area contributed by atoms with Gasteiger partial charge in [-0.1, -0.05) is 0 Å². The zero-order valence-electron chi connectivity index (χ0n) is 3.27. The van der Waals surface area contributed by atoms with Crippen molar-refractivity contribution in [3.8, 4) is 0 Å². The molecule has 0 spiro atoms. The summed E-state index contributed by atoms with van der Waals surface area (Å²) in [5.74, 6) is 0. The summed E-state index contributed by atoms with van der Waals surface area (Å²) >= 11 is 1.42. The van der Waals surface area contributed by atoms with Crippen molar-refractivity contribution >= 4 is 0 Å². The van der Waals surface area contributed by atoms with Crippen molar-refractivity contribution < 1.29 is 24.7 Å². The minimum atomic E-state index is 0.911. The first-order valence-corrected chi connectivity index (χ1v) is 2.58. The van der Waals surface area contributed by atoms with Gasteiger partial charge in [-0.25, -0.2) is 0 Å². The summed E-state index contributed by atoms with van der Waals surface area (Å²) in [7, 11) is 0. The van der Waals surface area contributed by atoms with E-state index in [1.165, 1.54) is 21.5 Å². The average molecular weight is 152 g/mol. The van der Waals surface area contributed by atoms with Gasteiger partial charge in [0, 0.05) is 0 Å². The quantitative estimate of drug-likeness (QED) is 0.533. The van der Waals surface area contributed by atoms with Gasteiger partial charge in [0.2, 0.25) is 0 Å². The third-order valence-corrected chi connectivity index (χ3v) is 0.744. The van der Waals surface area contributed by atoms with Crippen LogP contribution in [0.1, 0.15) is 13.3 Å². The monoisotopic (exact) mass is 152 g/mol. The van der Waals surface area contributed by atoms with E-state index in [4.69, 9.17) is 3.24 Å². The minimum absolute atomic E-state index is 0.911. The molecule has 0 unspecified atom stereocenters. The topological polar surface area (TPSA) is 9.23 Å². The molecule has 0 radical (unpaired) electrons. The molecule has 0 rings (SSSR count). The molecule has 0 N–H and O–H groups in total. The van der Waals surface area contributed by atoms with Gasteiger partial charge in [-0.15, -0.1) is 0 Å². The normalized spacial score (nSPS) is 8.20. The number of hydrogen-bond acceptors (Lipinski definition) is 1. The van der Waals surface area contributed by atoms with Gasteiger partial charge in [0.15, 0.2) is 0 Å². The molecule has 0 fully saturated rings. The van der Waals surface area contributed by atoms with Gasteiger partial charge in [0.05, 0.1) is 0 Å². The van der Waals surface area contributed by atoms with Gasteiger partial charge in [-0.05, 0) is 0 Å². The SMILES string of the molecule is CCC[O][Nb]. The van der Waals surface area contributed by atoms with Gasteiger partial charge in [-0.2, -0.15) is 0 Å². The molecule has 0 heterocycles. The summed E-state index contributed by atoms with van der Waals surface area (Å²) in [6.45, 7) is 3.01. The Bertz CT molecular complexity index is 14.4. The maximum atomic E-state index is 4.74. The van der Waals surface area contributed by atoms with Gasteiger partial charge >= 0.3 is 44.7 Å². The molecule has 0 saturated heterocycles. The molecule has 1 nitrogen and oxygen atoms in total. The molecule has 0 atom stereocenters. The van der Waals surface area contributed by atoms with Crippen molar-refractivity contribution in [1.82, 2.24) is 0 Å². The second-order valence-electron chi connectivity index (χ2n) is 0.833. The Hall–Kier alpha value is 0.700. The first-order valence-electron chi connectivity index (χ1n) is 1.68. The Labute approximate surface area is 45.1 Å². The van der Waals surface area contributed by atoms with Crippen LogP contribution in [-0.2, 0) is 24.7 Å². The Morgan fingerprint density at radius 1 is 1.80 bits per heavy atom. The molecule has 0 aliphatic carbocycles. The van der Waals surface area contributed by atoms with E-state index in [0.29, 0.717) is 0 Å². The van der Waals surface area contributed by atoms with Crippen molar-refractivity contribution in [2.24, 2.45) is 0 Å². The van der Waals surface area contributed by atoms with E-state index >= 15 is 0 Å². The van der Waals surface area contributed by atoms with E-state index in [0.717, 1.165) is 13.0 Å². The molecule has 0 aliphatic heterocycles. The first-order chi connectivity index (χ1) is 2.41. The Balaban J connectivity index is 2.19. The molecule has 2 heteroatoms. The average Bonchev–Trinajstić information content (AvgIpc) is 1.41. The van der Waals surface area contributed by atoms with Crippen molar-refractivity contribution in [2.75, 3.05) is 6.61 Å². The summed E-state index contributed by atoms with van der Waals surface area (Å²) in [6.07, 6.45) is 1.13. The molecule has 5 heavy (non-hydrogen) atoms. The van der Waals surface area contributed by atoms with Crippen LogP contribution in [0.4, 0.5) is 0 Å². The summed E-state index contributed by atoms with van der Waals surface area (Å²) in [5, 5.41) is 0. The molecule has 0 aromatic carbocycles. The zero-order valence-corrected chi connectivity index (χ0v) is 5.47. The Kier molecular flexibility index (Phi) is 5.36. The fraction of sp³-hybridized carbons (Fsp3) is 1.00. The summed E-state index contributed by atoms with van der Waals surface area (Å²) in [4.78, 5) is 0. The number of rotatable bonds is 2. The van der Waals surface area contributed by atoms with Crippen LogP contribution >= 0.6 is 0 Å². The fourth-order valence-electron chi connectivity index (χ4n) is 0.0913. The van der Waals surface area contributed by atoms with Crippen LogP contribution in [0, 0.1) is 0 Å². The maximum absolute atomic E-state index is 4.74. The standard InChI is InChI=1S/C3H7O.Nb/c1-2-3-4;/h2-3H2,1H3;/q-1;+1. The van der Waals surface area contributed by atoms with E-state index in [1.54, 1.807) is 0 Å². The zero-order chi connectivity index (χ0) is 4.12. The van der Waals surface area contributed by atoms with Gasteiger partial charge in [0.1, 0.15) is 0 Å². The second kappa shape index (κ2) is 4.70. The molecule has 0 aromatic heterocycles. The van der Waals surface area contributed by atoms with Crippen LogP contribution < -0.4 is 0 Å². The molecule has 0 bridgehead atoms. The molecule has 0 amide bonds. The predicted molar refractivity (Wildman–Crippen MR) is 16.2 cm³/mol.